The highest BCUT2D eigenvalue weighted by atomic mass is 79.9. The van der Waals surface area contributed by atoms with Crippen molar-refractivity contribution in [1.82, 2.24) is 5.43 Å². The summed E-state index contributed by atoms with van der Waals surface area (Å²) < 4.78 is 7.41. The molecule has 0 unspecified atom stereocenters. The number of halogens is 2. The van der Waals surface area contributed by atoms with Crippen LogP contribution < -0.4 is 10.2 Å². The molecular weight excluding hydrogens is 460 g/mol. The molecule has 26 heavy (non-hydrogen) atoms. The van der Waals surface area contributed by atoms with Crippen LogP contribution in [0.4, 0.5) is 0 Å². The monoisotopic (exact) mass is 480 g/mol. The summed E-state index contributed by atoms with van der Waals surface area (Å²) in [5, 5.41) is 4.12. The number of nitrogens with one attached hydrogen (secondary N) is 1. The van der Waals surface area contributed by atoms with Crippen molar-refractivity contribution in [3.05, 3.63) is 62.5 Å². The largest absolute Gasteiger partial charge is 0.483 e. The van der Waals surface area contributed by atoms with Crippen molar-refractivity contribution in [1.29, 1.82) is 0 Å². The van der Waals surface area contributed by atoms with Crippen LogP contribution >= 0.6 is 31.9 Å². The zero-order chi connectivity index (χ0) is 19.3. The van der Waals surface area contributed by atoms with Crippen molar-refractivity contribution >= 4 is 43.5 Å². The van der Waals surface area contributed by atoms with Crippen LogP contribution in [0.1, 0.15) is 38.8 Å². The standard InChI is InChI=1S/C20H22Br2N2O2/c1-13(14-5-8-16(21)9-6-14)23-24-19(25)12-26-18-10-7-15(11-17(18)22)20(2,3)4/h5-11H,12H2,1-4H3,(H,24,25)/b23-13+. The molecule has 0 radical (unpaired) electrons. The molecule has 0 aromatic heterocycles. The van der Waals surface area contributed by atoms with E-state index in [2.05, 4.69) is 63.2 Å². The third-order valence-corrected chi connectivity index (χ3v) is 4.92. The summed E-state index contributed by atoms with van der Waals surface area (Å²) in [7, 11) is 0. The number of ether oxygens (including phenoxy) is 1. The lowest BCUT2D eigenvalue weighted by Gasteiger charge is -2.20. The fourth-order valence-electron chi connectivity index (χ4n) is 2.16. The van der Waals surface area contributed by atoms with E-state index in [0.29, 0.717) is 5.75 Å². The summed E-state index contributed by atoms with van der Waals surface area (Å²) in [5.74, 6) is 0.315. The quantitative estimate of drug-likeness (QED) is 0.457. The summed E-state index contributed by atoms with van der Waals surface area (Å²) in [6, 6.07) is 13.6. The first-order chi connectivity index (χ1) is 12.2. The molecule has 0 saturated carbocycles. The molecule has 2 aromatic rings. The maximum atomic E-state index is 12.0. The molecule has 2 rings (SSSR count). The molecule has 0 aliphatic rings. The van der Waals surface area contributed by atoms with Gasteiger partial charge in [-0.1, -0.05) is 54.9 Å². The molecule has 0 spiro atoms. The second-order valence-electron chi connectivity index (χ2n) is 6.92. The van der Waals surface area contributed by atoms with Crippen molar-refractivity contribution in [2.75, 3.05) is 6.61 Å². The maximum Gasteiger partial charge on any atom is 0.277 e. The van der Waals surface area contributed by atoms with Crippen LogP contribution in [-0.4, -0.2) is 18.2 Å². The van der Waals surface area contributed by atoms with Gasteiger partial charge < -0.3 is 4.74 Å². The molecule has 6 heteroatoms. The summed E-state index contributed by atoms with van der Waals surface area (Å²) in [6.45, 7) is 8.17. The lowest BCUT2D eigenvalue weighted by atomic mass is 9.87. The molecule has 0 fully saturated rings. The molecule has 1 N–H and O–H groups in total. The van der Waals surface area contributed by atoms with Gasteiger partial charge in [-0.15, -0.1) is 0 Å². The van der Waals surface area contributed by atoms with E-state index in [-0.39, 0.29) is 17.9 Å². The number of benzene rings is 2. The molecule has 0 atom stereocenters. The van der Waals surface area contributed by atoms with Crippen LogP contribution in [-0.2, 0) is 10.2 Å². The van der Waals surface area contributed by atoms with Crippen LogP contribution in [0.15, 0.2) is 56.5 Å². The number of nitrogens with zero attached hydrogens (tertiary/aromatic N) is 1. The Hall–Kier alpha value is -1.66. The molecule has 4 nitrogen and oxygen atoms in total. The average molecular weight is 482 g/mol. The lowest BCUT2D eigenvalue weighted by Crippen LogP contribution is -2.25. The van der Waals surface area contributed by atoms with Crippen LogP contribution in [0.25, 0.3) is 0 Å². The van der Waals surface area contributed by atoms with Crippen LogP contribution in [0.2, 0.25) is 0 Å². The highest BCUT2D eigenvalue weighted by Gasteiger charge is 2.15. The normalized spacial score (nSPS) is 12.0. The molecule has 1 amide bonds. The van der Waals surface area contributed by atoms with Crippen molar-refractivity contribution < 1.29 is 9.53 Å². The van der Waals surface area contributed by atoms with Crippen LogP contribution in [0, 0.1) is 0 Å². The molecule has 0 heterocycles. The van der Waals surface area contributed by atoms with Gasteiger partial charge >= 0.3 is 0 Å². The Morgan fingerprint density at radius 3 is 2.35 bits per heavy atom. The molecule has 2 aromatic carbocycles. The van der Waals surface area contributed by atoms with Crippen molar-refractivity contribution in [2.24, 2.45) is 5.10 Å². The van der Waals surface area contributed by atoms with E-state index in [1.54, 1.807) is 0 Å². The van der Waals surface area contributed by atoms with E-state index >= 15 is 0 Å². The SMILES string of the molecule is C/C(=N\NC(=O)COc1ccc(C(C)(C)C)cc1Br)c1ccc(Br)cc1. The number of amides is 1. The lowest BCUT2D eigenvalue weighted by molar-refractivity contribution is -0.123. The predicted molar refractivity (Wildman–Crippen MR) is 113 cm³/mol. The minimum atomic E-state index is -0.312. The predicted octanol–water partition coefficient (Wildman–Crippen LogP) is 5.43. The number of hydrogen-bond acceptors (Lipinski definition) is 3. The smallest absolute Gasteiger partial charge is 0.277 e. The van der Waals surface area contributed by atoms with Crippen LogP contribution in [0.5, 0.6) is 5.75 Å². The Labute approximate surface area is 171 Å². The van der Waals surface area contributed by atoms with Gasteiger partial charge in [-0.25, -0.2) is 5.43 Å². The summed E-state index contributed by atoms with van der Waals surface area (Å²) in [6.07, 6.45) is 0. The van der Waals surface area contributed by atoms with Crippen LogP contribution in [0.3, 0.4) is 0 Å². The first-order valence-electron chi connectivity index (χ1n) is 8.19. The van der Waals surface area contributed by atoms with Gasteiger partial charge in [0, 0.05) is 4.47 Å². The highest BCUT2D eigenvalue weighted by Crippen LogP contribution is 2.31. The van der Waals surface area contributed by atoms with E-state index in [1.807, 2.05) is 49.4 Å². The summed E-state index contributed by atoms with van der Waals surface area (Å²) in [4.78, 5) is 12.0. The molecule has 0 saturated heterocycles. The summed E-state index contributed by atoms with van der Waals surface area (Å²) in [5.41, 5.74) is 5.43. The molecular formula is C20H22Br2N2O2. The average Bonchev–Trinajstić information content (AvgIpc) is 2.58. The van der Waals surface area contributed by atoms with E-state index in [0.717, 1.165) is 20.2 Å². The summed E-state index contributed by atoms with van der Waals surface area (Å²) >= 11 is 6.89. The fourth-order valence-corrected chi connectivity index (χ4v) is 2.92. The fraction of sp³-hybridized carbons (Fsp3) is 0.300. The molecule has 0 aliphatic heterocycles. The second-order valence-corrected chi connectivity index (χ2v) is 8.69. The van der Waals surface area contributed by atoms with E-state index in [1.165, 1.54) is 5.56 Å². The first-order valence-corrected chi connectivity index (χ1v) is 9.77. The van der Waals surface area contributed by atoms with Gasteiger partial charge in [-0.3, -0.25) is 4.79 Å². The van der Waals surface area contributed by atoms with E-state index in [4.69, 9.17) is 4.74 Å². The van der Waals surface area contributed by atoms with Crippen molar-refractivity contribution in [2.45, 2.75) is 33.1 Å². The number of rotatable bonds is 5. The maximum absolute atomic E-state index is 12.0. The van der Waals surface area contributed by atoms with Gasteiger partial charge in [0.05, 0.1) is 10.2 Å². The van der Waals surface area contributed by atoms with Gasteiger partial charge in [-0.05, 0) is 63.7 Å². The number of carbonyl (C=O) groups is 1. The zero-order valence-electron chi connectivity index (χ0n) is 15.3. The van der Waals surface area contributed by atoms with E-state index < -0.39 is 0 Å². The Morgan fingerprint density at radius 2 is 1.77 bits per heavy atom. The second kappa shape index (κ2) is 8.82. The Morgan fingerprint density at radius 1 is 1.12 bits per heavy atom. The van der Waals surface area contributed by atoms with Gasteiger partial charge in [0.1, 0.15) is 5.75 Å². The number of hydrazone groups is 1. The minimum absolute atomic E-state index is 0.0533. The Bertz CT molecular complexity index is 810. The molecule has 0 bridgehead atoms. The third kappa shape index (κ3) is 5.95. The van der Waals surface area contributed by atoms with Gasteiger partial charge in [0.15, 0.2) is 6.61 Å². The van der Waals surface area contributed by atoms with Gasteiger partial charge in [-0.2, -0.15) is 5.10 Å². The molecule has 138 valence electrons. The third-order valence-electron chi connectivity index (χ3n) is 3.77. The number of carbonyl (C=O) groups excluding carboxylic acids is 1. The van der Waals surface area contributed by atoms with Gasteiger partial charge in [0.25, 0.3) is 5.91 Å². The highest BCUT2D eigenvalue weighted by molar-refractivity contribution is 9.10. The Kier molecular flexibility index (Phi) is 7.01. The molecule has 0 aliphatic carbocycles. The van der Waals surface area contributed by atoms with Crippen molar-refractivity contribution in [3.8, 4) is 5.75 Å². The van der Waals surface area contributed by atoms with Gasteiger partial charge in [0.2, 0.25) is 0 Å². The first kappa shape index (κ1) is 20.6. The van der Waals surface area contributed by atoms with E-state index in [9.17, 15) is 4.79 Å². The van der Waals surface area contributed by atoms with Crippen molar-refractivity contribution in [3.63, 3.8) is 0 Å². The zero-order valence-corrected chi connectivity index (χ0v) is 18.4. The minimum Gasteiger partial charge on any atom is -0.483 e. The topological polar surface area (TPSA) is 50.7 Å². The number of hydrogen-bond donors (Lipinski definition) is 1. The Balaban J connectivity index is 1.92.